The van der Waals surface area contributed by atoms with Crippen LogP contribution in [0.5, 0.6) is 0 Å². The summed E-state index contributed by atoms with van der Waals surface area (Å²) in [6, 6.07) is 2.09. The molecule has 0 saturated carbocycles. The van der Waals surface area contributed by atoms with Crippen molar-refractivity contribution in [3.05, 3.63) is 21.1 Å². The fourth-order valence-corrected chi connectivity index (χ4v) is 4.90. The molecular weight excluding hydrogens is 414 g/mol. The average Bonchev–Trinajstić information content (AvgIpc) is 2.08. The van der Waals surface area contributed by atoms with Gasteiger partial charge in [-0.2, -0.15) is 0 Å². The van der Waals surface area contributed by atoms with E-state index in [1.54, 1.807) is 20.8 Å². The van der Waals surface area contributed by atoms with Gasteiger partial charge in [-0.05, 0) is 64.8 Å². The van der Waals surface area contributed by atoms with E-state index in [9.17, 15) is 13.2 Å². The van der Waals surface area contributed by atoms with E-state index >= 15 is 0 Å². The van der Waals surface area contributed by atoms with Crippen molar-refractivity contribution in [2.24, 2.45) is 0 Å². The van der Waals surface area contributed by atoms with Crippen molar-refractivity contribution in [1.29, 1.82) is 0 Å². The largest absolute Gasteiger partial charge is 0.399 e. The first-order valence-electron chi connectivity index (χ1n) is 5.52. The maximum Gasteiger partial charge on any atom is 0.329 e. The molecule has 0 atom stereocenters. The number of sulfonamides is 1. The van der Waals surface area contributed by atoms with Crippen molar-refractivity contribution in [1.82, 2.24) is 10.0 Å². The van der Waals surface area contributed by atoms with Crippen LogP contribution in [0.4, 0.5) is 10.5 Å². The summed E-state index contributed by atoms with van der Waals surface area (Å²) in [7, 11) is -4.02. The van der Waals surface area contributed by atoms with Crippen LogP contribution in [0.1, 0.15) is 20.8 Å². The normalized spacial score (nSPS) is 12.1. The van der Waals surface area contributed by atoms with E-state index in [0.29, 0.717) is 5.69 Å². The van der Waals surface area contributed by atoms with E-state index in [0.717, 1.165) is 0 Å². The van der Waals surface area contributed by atoms with E-state index < -0.39 is 21.6 Å². The molecule has 20 heavy (non-hydrogen) atoms. The van der Waals surface area contributed by atoms with Crippen LogP contribution in [0, 0.1) is 0 Å². The number of carbonyl (C=O) groups is 1. The monoisotopic (exact) mass is 427 g/mol. The molecule has 0 fully saturated rings. The zero-order valence-corrected chi connectivity index (χ0v) is 15.1. The molecule has 2 amide bonds. The van der Waals surface area contributed by atoms with Gasteiger partial charge in [0, 0.05) is 20.2 Å². The van der Waals surface area contributed by atoms with Gasteiger partial charge in [-0.1, -0.05) is 0 Å². The quantitative estimate of drug-likeness (QED) is 0.630. The van der Waals surface area contributed by atoms with Crippen LogP contribution in [-0.4, -0.2) is 20.0 Å². The second-order valence-corrected chi connectivity index (χ2v) is 8.45. The summed E-state index contributed by atoms with van der Waals surface area (Å²) in [5.41, 5.74) is 5.45. The third-order valence-corrected chi connectivity index (χ3v) is 5.21. The number of carbonyl (C=O) groups excluding carboxylic acids is 1. The first-order chi connectivity index (χ1) is 8.92. The highest BCUT2D eigenvalue weighted by Crippen LogP contribution is 2.32. The van der Waals surface area contributed by atoms with Gasteiger partial charge in [0.25, 0.3) is 10.0 Å². The SMILES string of the molecule is CC(C)(C)NC(=O)NS(=O)(=O)c1c(Br)cc(N)cc1Br. The van der Waals surface area contributed by atoms with Crippen molar-refractivity contribution in [3.63, 3.8) is 0 Å². The van der Waals surface area contributed by atoms with E-state index in [1.165, 1.54) is 12.1 Å². The molecule has 0 spiro atoms. The zero-order chi connectivity index (χ0) is 15.7. The summed E-state index contributed by atoms with van der Waals surface area (Å²) in [6.45, 7) is 5.23. The second kappa shape index (κ2) is 5.90. The number of anilines is 1. The van der Waals surface area contributed by atoms with E-state index in [2.05, 4.69) is 37.2 Å². The Morgan fingerprint density at radius 2 is 1.65 bits per heavy atom. The lowest BCUT2D eigenvalue weighted by Gasteiger charge is -2.21. The number of halogens is 2. The Kier molecular flexibility index (Phi) is 5.09. The van der Waals surface area contributed by atoms with Gasteiger partial charge in [-0.25, -0.2) is 17.9 Å². The second-order valence-electron chi connectivity index (χ2n) is 5.12. The third-order valence-electron chi connectivity index (χ3n) is 2.00. The first-order valence-corrected chi connectivity index (χ1v) is 8.59. The minimum Gasteiger partial charge on any atom is -0.399 e. The van der Waals surface area contributed by atoms with Crippen LogP contribution in [-0.2, 0) is 10.0 Å². The highest BCUT2D eigenvalue weighted by molar-refractivity contribution is 9.11. The molecule has 0 aliphatic carbocycles. The van der Waals surface area contributed by atoms with Crippen LogP contribution in [0.15, 0.2) is 26.0 Å². The molecule has 0 heterocycles. The van der Waals surface area contributed by atoms with Crippen LogP contribution < -0.4 is 15.8 Å². The van der Waals surface area contributed by atoms with Crippen LogP contribution in [0.3, 0.4) is 0 Å². The Morgan fingerprint density at radius 3 is 2.05 bits per heavy atom. The molecule has 0 aliphatic heterocycles. The van der Waals surface area contributed by atoms with Gasteiger partial charge >= 0.3 is 6.03 Å². The van der Waals surface area contributed by atoms with Crippen LogP contribution in [0.2, 0.25) is 0 Å². The number of nitrogens with two attached hydrogens (primary N) is 1. The minimum atomic E-state index is -4.02. The Balaban J connectivity index is 3.10. The lowest BCUT2D eigenvalue weighted by atomic mass is 10.1. The number of nitrogen functional groups attached to an aromatic ring is 1. The number of benzene rings is 1. The van der Waals surface area contributed by atoms with Gasteiger partial charge < -0.3 is 11.1 Å². The molecule has 0 aromatic heterocycles. The summed E-state index contributed by atoms with van der Waals surface area (Å²) in [4.78, 5) is 11.6. The molecule has 6 nitrogen and oxygen atoms in total. The average molecular weight is 429 g/mol. The molecule has 1 aromatic rings. The molecule has 4 N–H and O–H groups in total. The maximum absolute atomic E-state index is 12.2. The number of rotatable bonds is 2. The fourth-order valence-electron chi connectivity index (χ4n) is 1.38. The van der Waals surface area contributed by atoms with E-state index in [4.69, 9.17) is 5.73 Å². The molecule has 0 bridgehead atoms. The van der Waals surface area contributed by atoms with Crippen molar-refractivity contribution in [3.8, 4) is 0 Å². The smallest absolute Gasteiger partial charge is 0.329 e. The maximum atomic E-state index is 12.2. The van der Waals surface area contributed by atoms with Gasteiger partial charge in [0.1, 0.15) is 4.90 Å². The summed E-state index contributed by atoms with van der Waals surface area (Å²) >= 11 is 6.25. The third kappa shape index (κ3) is 4.64. The lowest BCUT2D eigenvalue weighted by Crippen LogP contribution is -2.48. The Labute approximate surface area is 134 Å². The summed E-state index contributed by atoms with van der Waals surface area (Å²) in [5.74, 6) is 0. The highest BCUT2D eigenvalue weighted by Gasteiger charge is 2.25. The molecule has 0 saturated heterocycles. The molecular formula is C11H15Br2N3O3S. The lowest BCUT2D eigenvalue weighted by molar-refractivity contribution is 0.237. The molecule has 112 valence electrons. The van der Waals surface area contributed by atoms with Gasteiger partial charge in [0.15, 0.2) is 0 Å². The summed E-state index contributed by atoms with van der Waals surface area (Å²) in [6.07, 6.45) is 0. The number of urea groups is 1. The van der Waals surface area contributed by atoms with Gasteiger partial charge in [-0.3, -0.25) is 0 Å². The fraction of sp³-hybridized carbons (Fsp3) is 0.364. The number of amides is 2. The Morgan fingerprint density at radius 1 is 1.20 bits per heavy atom. The molecule has 9 heteroatoms. The van der Waals surface area contributed by atoms with E-state index in [-0.39, 0.29) is 13.8 Å². The number of hydrogen-bond donors (Lipinski definition) is 3. The zero-order valence-electron chi connectivity index (χ0n) is 11.1. The van der Waals surface area contributed by atoms with Crippen molar-refractivity contribution in [2.45, 2.75) is 31.2 Å². The predicted octanol–water partition coefficient (Wildman–Crippen LogP) is 2.58. The van der Waals surface area contributed by atoms with Crippen LogP contribution >= 0.6 is 31.9 Å². The number of hydrogen-bond acceptors (Lipinski definition) is 4. The van der Waals surface area contributed by atoms with Crippen molar-refractivity contribution < 1.29 is 13.2 Å². The Hall–Kier alpha value is -0.800. The van der Waals surface area contributed by atoms with Gasteiger partial charge in [0.2, 0.25) is 0 Å². The van der Waals surface area contributed by atoms with Crippen molar-refractivity contribution >= 4 is 53.6 Å². The molecule has 0 radical (unpaired) electrons. The first kappa shape index (κ1) is 17.3. The topological polar surface area (TPSA) is 101 Å². The van der Waals surface area contributed by atoms with Gasteiger partial charge in [0.05, 0.1) is 0 Å². The summed E-state index contributed by atoms with van der Waals surface area (Å²) < 4.78 is 26.9. The molecule has 1 rings (SSSR count). The Bertz CT molecular complexity index is 616. The molecule has 0 unspecified atom stereocenters. The minimum absolute atomic E-state index is 0.0873. The highest BCUT2D eigenvalue weighted by atomic mass is 79.9. The standard InChI is InChI=1S/C11H15Br2N3O3S/c1-11(2,3)15-10(17)16-20(18,19)9-7(12)4-6(14)5-8(9)13/h4-5H,14H2,1-3H3,(H2,15,16,17). The van der Waals surface area contributed by atoms with Gasteiger partial charge in [-0.15, -0.1) is 0 Å². The molecule has 1 aromatic carbocycles. The number of nitrogens with one attached hydrogen (secondary N) is 2. The predicted molar refractivity (Wildman–Crippen MR) is 84.9 cm³/mol. The summed E-state index contributed by atoms with van der Waals surface area (Å²) in [5, 5.41) is 2.51. The van der Waals surface area contributed by atoms with E-state index in [1.807, 2.05) is 4.72 Å². The van der Waals surface area contributed by atoms with Crippen molar-refractivity contribution in [2.75, 3.05) is 5.73 Å². The van der Waals surface area contributed by atoms with Crippen LogP contribution in [0.25, 0.3) is 0 Å². The molecule has 0 aliphatic rings.